The van der Waals surface area contributed by atoms with Gasteiger partial charge < -0.3 is 26.0 Å². The second-order valence-electron chi connectivity index (χ2n) is 8.38. The van der Waals surface area contributed by atoms with Crippen molar-refractivity contribution in [1.82, 2.24) is 19.8 Å². The number of nitrogens with two attached hydrogens (primary N) is 1. The number of aliphatic hydroxyl groups is 1. The third-order valence-electron chi connectivity index (χ3n) is 5.92. The SMILES string of the molecule is C[C@@H](Nc1nc(Cl)nc2c1CN(C(=O)N1CCC(O)CC1)C2)c1cc(N)cc(C(F)(F)F)c1. The monoisotopic (exact) mass is 484 g/mol. The van der Waals surface area contributed by atoms with Crippen molar-refractivity contribution < 1.29 is 23.1 Å². The van der Waals surface area contributed by atoms with Crippen LogP contribution < -0.4 is 11.1 Å². The minimum Gasteiger partial charge on any atom is -0.399 e. The van der Waals surface area contributed by atoms with Gasteiger partial charge in [-0.3, -0.25) is 0 Å². The number of aromatic nitrogens is 2. The fourth-order valence-electron chi connectivity index (χ4n) is 4.12. The Morgan fingerprint density at radius 2 is 1.91 bits per heavy atom. The number of hydrogen-bond donors (Lipinski definition) is 3. The van der Waals surface area contributed by atoms with Gasteiger partial charge in [-0.2, -0.15) is 13.2 Å². The smallest absolute Gasteiger partial charge is 0.399 e. The lowest BCUT2D eigenvalue weighted by Gasteiger charge is -2.32. The van der Waals surface area contributed by atoms with Crippen LogP contribution in [0.5, 0.6) is 0 Å². The molecule has 1 aromatic carbocycles. The maximum Gasteiger partial charge on any atom is 0.416 e. The highest BCUT2D eigenvalue weighted by Gasteiger charge is 2.34. The van der Waals surface area contributed by atoms with Crippen LogP contribution in [0.1, 0.15) is 48.2 Å². The number of hydrogen-bond acceptors (Lipinski definition) is 6. The summed E-state index contributed by atoms with van der Waals surface area (Å²) in [5, 5.41) is 12.8. The van der Waals surface area contributed by atoms with Crippen molar-refractivity contribution in [3.8, 4) is 0 Å². The van der Waals surface area contributed by atoms with Gasteiger partial charge in [0.2, 0.25) is 5.28 Å². The molecule has 33 heavy (non-hydrogen) atoms. The van der Waals surface area contributed by atoms with Crippen LogP contribution in [0.15, 0.2) is 18.2 Å². The molecule has 0 saturated carbocycles. The number of nitrogens with one attached hydrogen (secondary N) is 1. The minimum atomic E-state index is -4.52. The minimum absolute atomic E-state index is 0.00263. The van der Waals surface area contributed by atoms with Crippen LogP contribution in [0.3, 0.4) is 0 Å². The zero-order chi connectivity index (χ0) is 23.9. The molecule has 0 unspecified atom stereocenters. The Bertz CT molecular complexity index is 1060. The largest absolute Gasteiger partial charge is 0.416 e. The van der Waals surface area contributed by atoms with Gasteiger partial charge in [-0.05, 0) is 55.1 Å². The Hall–Kier alpha value is -2.79. The normalized spacial score (nSPS) is 17.8. The molecular weight excluding hydrogens is 461 g/mol. The second kappa shape index (κ2) is 8.86. The molecule has 178 valence electrons. The first-order chi connectivity index (χ1) is 15.5. The van der Waals surface area contributed by atoms with Crippen LogP contribution in [0.4, 0.5) is 29.5 Å². The summed E-state index contributed by atoms with van der Waals surface area (Å²) in [5.74, 6) is 0.359. The Labute approximate surface area is 193 Å². The van der Waals surface area contributed by atoms with Crippen LogP contribution >= 0.6 is 11.6 Å². The fraction of sp³-hybridized carbons (Fsp3) is 0.476. The zero-order valence-corrected chi connectivity index (χ0v) is 18.6. The summed E-state index contributed by atoms with van der Waals surface area (Å²) in [6.45, 7) is 3.12. The molecule has 2 aromatic rings. The quantitative estimate of drug-likeness (QED) is 0.452. The average molecular weight is 485 g/mol. The number of amides is 2. The van der Waals surface area contributed by atoms with Gasteiger partial charge in [0, 0.05) is 24.3 Å². The number of piperidine rings is 1. The zero-order valence-electron chi connectivity index (χ0n) is 17.9. The molecule has 0 spiro atoms. The summed E-state index contributed by atoms with van der Waals surface area (Å²) in [5.41, 5.74) is 6.45. The number of anilines is 2. The van der Waals surface area contributed by atoms with E-state index in [-0.39, 0.29) is 30.1 Å². The number of nitrogens with zero attached hydrogens (tertiary/aromatic N) is 4. The van der Waals surface area contributed by atoms with Gasteiger partial charge in [0.1, 0.15) is 5.82 Å². The molecule has 8 nitrogen and oxygen atoms in total. The Morgan fingerprint density at radius 3 is 2.58 bits per heavy atom. The number of rotatable bonds is 3. The fourth-order valence-corrected chi connectivity index (χ4v) is 4.30. The van der Waals surface area contributed by atoms with Crippen molar-refractivity contribution in [1.29, 1.82) is 0 Å². The molecule has 1 fully saturated rings. The number of nitrogen functional groups attached to an aromatic ring is 1. The number of carbonyl (C=O) groups is 1. The molecule has 4 rings (SSSR count). The van der Waals surface area contributed by atoms with E-state index in [1.165, 1.54) is 6.07 Å². The summed E-state index contributed by atoms with van der Waals surface area (Å²) in [7, 11) is 0. The first-order valence-corrected chi connectivity index (χ1v) is 10.9. The summed E-state index contributed by atoms with van der Waals surface area (Å²) >= 11 is 6.09. The Morgan fingerprint density at radius 1 is 1.21 bits per heavy atom. The summed E-state index contributed by atoms with van der Waals surface area (Å²) < 4.78 is 39.6. The van der Waals surface area contributed by atoms with E-state index in [0.29, 0.717) is 48.6 Å². The Balaban J connectivity index is 1.54. The van der Waals surface area contributed by atoms with Gasteiger partial charge in [-0.1, -0.05) is 0 Å². The van der Waals surface area contributed by atoms with E-state index in [0.717, 1.165) is 12.1 Å². The number of benzene rings is 1. The highest BCUT2D eigenvalue weighted by molar-refractivity contribution is 6.28. The molecule has 0 aliphatic carbocycles. The van der Waals surface area contributed by atoms with Crippen LogP contribution in [0, 0.1) is 0 Å². The van der Waals surface area contributed by atoms with E-state index in [1.54, 1.807) is 16.7 Å². The average Bonchev–Trinajstić information content (AvgIpc) is 3.17. The number of alkyl halides is 3. The second-order valence-corrected chi connectivity index (χ2v) is 8.71. The summed E-state index contributed by atoms with van der Waals surface area (Å²) in [6, 6.07) is 2.66. The van der Waals surface area contributed by atoms with Crippen molar-refractivity contribution in [2.45, 2.75) is 51.2 Å². The van der Waals surface area contributed by atoms with Gasteiger partial charge in [0.05, 0.1) is 36.5 Å². The molecule has 2 aliphatic heterocycles. The third kappa shape index (κ3) is 5.09. The maximum atomic E-state index is 13.2. The molecule has 0 radical (unpaired) electrons. The lowest BCUT2D eigenvalue weighted by molar-refractivity contribution is -0.137. The van der Waals surface area contributed by atoms with E-state index in [4.69, 9.17) is 17.3 Å². The van der Waals surface area contributed by atoms with Crippen LogP contribution in [-0.4, -0.2) is 50.1 Å². The number of likely N-dealkylation sites (tertiary alicyclic amines) is 1. The maximum absolute atomic E-state index is 13.2. The lowest BCUT2D eigenvalue weighted by atomic mass is 10.0. The van der Waals surface area contributed by atoms with Crippen molar-refractivity contribution in [2.24, 2.45) is 0 Å². The van der Waals surface area contributed by atoms with Gasteiger partial charge in [0.25, 0.3) is 0 Å². The summed E-state index contributed by atoms with van der Waals surface area (Å²) in [4.78, 5) is 24.7. The van der Waals surface area contributed by atoms with E-state index >= 15 is 0 Å². The van der Waals surface area contributed by atoms with Crippen LogP contribution in [0.2, 0.25) is 5.28 Å². The predicted molar refractivity (Wildman–Crippen MR) is 116 cm³/mol. The first-order valence-electron chi connectivity index (χ1n) is 10.5. The Kier molecular flexibility index (Phi) is 6.28. The van der Waals surface area contributed by atoms with Crippen LogP contribution in [-0.2, 0) is 19.3 Å². The van der Waals surface area contributed by atoms with Crippen molar-refractivity contribution in [2.75, 3.05) is 24.1 Å². The van der Waals surface area contributed by atoms with Gasteiger partial charge in [-0.25, -0.2) is 14.8 Å². The standard InChI is InChI=1S/C21H24ClF3N6O2/c1-11(12-6-13(21(23,24)25)8-14(26)7-12)27-18-16-9-31(10-17(16)28-19(22)29-18)20(33)30-4-2-15(32)3-5-30/h6-8,11,15,32H,2-5,9-10,26H2,1H3,(H,27,28,29)/t11-/m1/s1. The number of urea groups is 1. The van der Waals surface area contributed by atoms with E-state index in [2.05, 4.69) is 15.3 Å². The van der Waals surface area contributed by atoms with Gasteiger partial charge >= 0.3 is 12.2 Å². The molecule has 12 heteroatoms. The molecule has 2 amide bonds. The van der Waals surface area contributed by atoms with E-state index < -0.39 is 23.9 Å². The van der Waals surface area contributed by atoms with E-state index in [1.807, 2.05) is 0 Å². The lowest BCUT2D eigenvalue weighted by Crippen LogP contribution is -2.45. The first kappa shape index (κ1) is 23.4. The highest BCUT2D eigenvalue weighted by Crippen LogP contribution is 2.35. The van der Waals surface area contributed by atoms with Crippen molar-refractivity contribution >= 4 is 29.1 Å². The number of fused-ring (bicyclic) bond motifs is 1. The third-order valence-corrected chi connectivity index (χ3v) is 6.09. The molecule has 1 atom stereocenters. The highest BCUT2D eigenvalue weighted by atomic mass is 35.5. The predicted octanol–water partition coefficient (Wildman–Crippen LogP) is 3.80. The van der Waals surface area contributed by atoms with Crippen molar-refractivity contribution in [3.05, 3.63) is 45.9 Å². The molecular formula is C21H24ClF3N6O2. The van der Waals surface area contributed by atoms with Gasteiger partial charge in [-0.15, -0.1) is 0 Å². The molecule has 0 bridgehead atoms. The molecule has 4 N–H and O–H groups in total. The van der Waals surface area contributed by atoms with Gasteiger partial charge in [0.15, 0.2) is 0 Å². The van der Waals surface area contributed by atoms with E-state index in [9.17, 15) is 23.1 Å². The number of halogens is 4. The summed E-state index contributed by atoms with van der Waals surface area (Å²) in [6.07, 6.45) is -3.85. The molecule has 1 aromatic heterocycles. The number of carbonyl (C=O) groups excluding carboxylic acids is 1. The molecule has 1 saturated heterocycles. The van der Waals surface area contributed by atoms with Crippen molar-refractivity contribution in [3.63, 3.8) is 0 Å². The molecule has 3 heterocycles. The number of aliphatic hydroxyl groups excluding tert-OH is 1. The topological polar surface area (TPSA) is 108 Å². The molecule has 2 aliphatic rings. The van der Waals surface area contributed by atoms with Crippen LogP contribution in [0.25, 0.3) is 0 Å².